The number of hydrogen-bond acceptors (Lipinski definition) is 5. The first-order valence-corrected chi connectivity index (χ1v) is 12.4. The fourth-order valence-corrected chi connectivity index (χ4v) is 5.23. The second-order valence-electron chi connectivity index (χ2n) is 9.75. The SMILES string of the molecule is O=C(c1nn2c(-c3ccoc3)cc(C3CC3)cc2c1Cl)N1CCN([C@H](CO)CC2CC2)C(=O)C1. The quantitative estimate of drug-likeness (QED) is 0.556. The molecule has 1 aliphatic heterocycles. The van der Waals surface area contributed by atoms with Gasteiger partial charge in [0.05, 0.1) is 41.4 Å². The number of carbonyl (C=O) groups is 2. The lowest BCUT2D eigenvalue weighted by atomic mass is 10.1. The van der Waals surface area contributed by atoms with E-state index in [1.165, 1.54) is 23.3 Å². The van der Waals surface area contributed by atoms with Gasteiger partial charge in [0.2, 0.25) is 5.91 Å². The molecule has 9 heteroatoms. The lowest BCUT2D eigenvalue weighted by Crippen LogP contribution is -2.56. The van der Waals surface area contributed by atoms with Crippen LogP contribution in [0.15, 0.2) is 35.1 Å². The van der Waals surface area contributed by atoms with Gasteiger partial charge in [-0.15, -0.1) is 0 Å². The van der Waals surface area contributed by atoms with Crippen molar-refractivity contribution in [3.05, 3.63) is 47.0 Å². The molecule has 34 heavy (non-hydrogen) atoms. The summed E-state index contributed by atoms with van der Waals surface area (Å²) < 4.78 is 6.98. The summed E-state index contributed by atoms with van der Waals surface area (Å²) in [6, 6.07) is 5.79. The highest BCUT2D eigenvalue weighted by Crippen LogP contribution is 2.43. The van der Waals surface area contributed by atoms with Crippen molar-refractivity contribution in [2.24, 2.45) is 5.92 Å². The van der Waals surface area contributed by atoms with E-state index >= 15 is 0 Å². The standard InChI is InChI=1S/C25H27ClN4O4/c26-23-21-11-18(16-3-4-16)10-20(17-5-8-34-14-17)30(21)27-24(23)25(33)28-6-7-29(22(32)12-28)19(13-31)9-15-1-2-15/h5,8,10-11,14-16,19,31H,1-4,6-7,9,12-13H2/t19-/m0/s1. The second kappa shape index (κ2) is 8.43. The average Bonchev–Trinajstić information content (AvgIpc) is 3.77. The molecule has 2 saturated carbocycles. The van der Waals surface area contributed by atoms with Gasteiger partial charge in [-0.05, 0) is 54.9 Å². The van der Waals surface area contributed by atoms with Crippen LogP contribution in [0.4, 0.5) is 0 Å². The van der Waals surface area contributed by atoms with Gasteiger partial charge in [0.15, 0.2) is 5.69 Å². The molecule has 1 atom stereocenters. The fourth-order valence-electron chi connectivity index (χ4n) is 4.98. The number of rotatable bonds is 7. The number of nitrogens with zero attached hydrogens (tertiary/aromatic N) is 4. The molecule has 0 spiro atoms. The predicted molar refractivity (Wildman–Crippen MR) is 126 cm³/mol. The molecule has 6 rings (SSSR count). The summed E-state index contributed by atoms with van der Waals surface area (Å²) >= 11 is 6.72. The van der Waals surface area contributed by atoms with Crippen LogP contribution in [-0.2, 0) is 4.79 Å². The first-order chi connectivity index (χ1) is 16.5. The van der Waals surface area contributed by atoms with Crippen molar-refractivity contribution < 1.29 is 19.1 Å². The van der Waals surface area contributed by atoms with Gasteiger partial charge in [-0.25, -0.2) is 4.52 Å². The first-order valence-electron chi connectivity index (χ1n) is 12.0. The Hall–Kier alpha value is -2.84. The fraction of sp³-hybridized carbons (Fsp3) is 0.480. The van der Waals surface area contributed by atoms with E-state index in [9.17, 15) is 14.7 Å². The number of aromatic nitrogens is 2. The Morgan fingerprint density at radius 3 is 2.71 bits per heavy atom. The first kappa shape index (κ1) is 21.7. The van der Waals surface area contributed by atoms with Crippen LogP contribution in [0.25, 0.3) is 16.8 Å². The third kappa shape index (κ3) is 3.88. The molecule has 178 valence electrons. The van der Waals surface area contributed by atoms with Gasteiger partial charge < -0.3 is 19.3 Å². The van der Waals surface area contributed by atoms with Crippen LogP contribution in [0, 0.1) is 5.92 Å². The minimum absolute atomic E-state index is 0.0356. The molecule has 3 aromatic rings. The van der Waals surface area contributed by atoms with Gasteiger partial charge in [0.25, 0.3) is 5.91 Å². The molecule has 3 fully saturated rings. The van der Waals surface area contributed by atoms with Crippen LogP contribution in [-0.4, -0.2) is 68.6 Å². The minimum Gasteiger partial charge on any atom is -0.472 e. The lowest BCUT2D eigenvalue weighted by molar-refractivity contribution is -0.138. The number of furan rings is 1. The Kier molecular flexibility index (Phi) is 5.37. The van der Waals surface area contributed by atoms with Crippen LogP contribution >= 0.6 is 11.6 Å². The molecule has 2 aliphatic carbocycles. The topological polar surface area (TPSA) is 91.3 Å². The summed E-state index contributed by atoms with van der Waals surface area (Å²) in [4.78, 5) is 29.6. The number of halogens is 1. The molecule has 3 aromatic heterocycles. The third-order valence-electron chi connectivity index (χ3n) is 7.26. The van der Waals surface area contributed by atoms with E-state index in [-0.39, 0.29) is 36.7 Å². The largest absolute Gasteiger partial charge is 0.472 e. The molecular weight excluding hydrogens is 456 g/mol. The lowest BCUT2D eigenvalue weighted by Gasteiger charge is -2.38. The maximum absolute atomic E-state index is 13.4. The monoisotopic (exact) mass is 482 g/mol. The molecule has 0 bridgehead atoms. The average molecular weight is 483 g/mol. The molecule has 0 aromatic carbocycles. The molecule has 3 aliphatic rings. The Labute approximate surface area is 202 Å². The summed E-state index contributed by atoms with van der Waals surface area (Å²) in [6.45, 7) is 0.706. The van der Waals surface area contributed by atoms with Gasteiger partial charge in [-0.2, -0.15) is 5.10 Å². The van der Waals surface area contributed by atoms with Gasteiger partial charge >= 0.3 is 0 Å². The van der Waals surface area contributed by atoms with E-state index in [0.29, 0.717) is 35.5 Å². The van der Waals surface area contributed by atoms with Gasteiger partial charge in [-0.1, -0.05) is 24.4 Å². The van der Waals surface area contributed by atoms with Crippen LogP contribution in [0.1, 0.15) is 54.1 Å². The molecule has 4 heterocycles. The van der Waals surface area contributed by atoms with Crippen molar-refractivity contribution in [2.75, 3.05) is 26.2 Å². The van der Waals surface area contributed by atoms with Crippen LogP contribution < -0.4 is 0 Å². The third-order valence-corrected chi connectivity index (χ3v) is 7.64. The van der Waals surface area contributed by atoms with E-state index in [1.54, 1.807) is 21.9 Å². The predicted octanol–water partition coefficient (Wildman–Crippen LogP) is 3.57. The van der Waals surface area contributed by atoms with Crippen LogP contribution in [0.5, 0.6) is 0 Å². The van der Waals surface area contributed by atoms with Crippen molar-refractivity contribution in [3.63, 3.8) is 0 Å². The number of aliphatic hydroxyl groups excluding tert-OH is 1. The summed E-state index contributed by atoms with van der Waals surface area (Å²) in [5, 5.41) is 14.7. The molecule has 0 radical (unpaired) electrons. The molecular formula is C25H27ClN4O4. The van der Waals surface area contributed by atoms with Crippen molar-refractivity contribution in [2.45, 2.75) is 44.1 Å². The molecule has 0 unspecified atom stereocenters. The number of fused-ring (bicyclic) bond motifs is 1. The maximum atomic E-state index is 13.4. The molecule has 1 saturated heterocycles. The number of carbonyl (C=O) groups excluding carboxylic acids is 2. The van der Waals surface area contributed by atoms with Crippen molar-refractivity contribution in [1.29, 1.82) is 0 Å². The van der Waals surface area contributed by atoms with Crippen LogP contribution in [0.3, 0.4) is 0 Å². The second-order valence-corrected chi connectivity index (χ2v) is 10.1. The Morgan fingerprint density at radius 1 is 1.24 bits per heavy atom. The molecule has 1 N–H and O–H groups in total. The highest BCUT2D eigenvalue weighted by molar-refractivity contribution is 6.37. The smallest absolute Gasteiger partial charge is 0.276 e. The number of piperazine rings is 1. The van der Waals surface area contributed by atoms with Crippen molar-refractivity contribution in [3.8, 4) is 11.3 Å². The molecule has 8 nitrogen and oxygen atoms in total. The Balaban J connectivity index is 1.28. The van der Waals surface area contributed by atoms with Crippen LogP contribution in [0.2, 0.25) is 5.02 Å². The molecule has 2 amide bonds. The highest BCUT2D eigenvalue weighted by Gasteiger charge is 2.36. The zero-order valence-corrected chi connectivity index (χ0v) is 19.6. The van der Waals surface area contributed by atoms with E-state index in [4.69, 9.17) is 16.0 Å². The number of aliphatic hydroxyl groups is 1. The van der Waals surface area contributed by atoms with E-state index in [0.717, 1.165) is 30.5 Å². The van der Waals surface area contributed by atoms with Crippen molar-refractivity contribution >= 4 is 28.9 Å². The Bertz CT molecular complexity index is 1250. The van der Waals surface area contributed by atoms with Gasteiger partial charge in [-0.3, -0.25) is 9.59 Å². The summed E-state index contributed by atoms with van der Waals surface area (Å²) in [6.07, 6.45) is 8.70. The zero-order valence-electron chi connectivity index (χ0n) is 18.8. The van der Waals surface area contributed by atoms with E-state index in [1.807, 2.05) is 12.1 Å². The van der Waals surface area contributed by atoms with E-state index in [2.05, 4.69) is 11.2 Å². The maximum Gasteiger partial charge on any atom is 0.276 e. The van der Waals surface area contributed by atoms with Crippen molar-refractivity contribution in [1.82, 2.24) is 19.4 Å². The van der Waals surface area contributed by atoms with E-state index < -0.39 is 0 Å². The Morgan fingerprint density at radius 2 is 2.06 bits per heavy atom. The highest BCUT2D eigenvalue weighted by atomic mass is 35.5. The number of hydrogen-bond donors (Lipinski definition) is 1. The zero-order chi connectivity index (χ0) is 23.4. The van der Waals surface area contributed by atoms with Gasteiger partial charge in [0.1, 0.15) is 6.54 Å². The summed E-state index contributed by atoms with van der Waals surface area (Å²) in [5.41, 5.74) is 3.69. The number of amides is 2. The van der Waals surface area contributed by atoms with Gasteiger partial charge in [0, 0.05) is 18.7 Å². The normalized spacial score (nSPS) is 19.8. The summed E-state index contributed by atoms with van der Waals surface area (Å²) in [7, 11) is 0. The summed E-state index contributed by atoms with van der Waals surface area (Å²) in [5.74, 6) is 0.609. The minimum atomic E-state index is -0.351. The number of pyridine rings is 1.